The van der Waals surface area contributed by atoms with Gasteiger partial charge in [0.25, 0.3) is 0 Å². The minimum absolute atomic E-state index is 0.0173. The summed E-state index contributed by atoms with van der Waals surface area (Å²) in [6, 6.07) is 1.67. The van der Waals surface area contributed by atoms with Gasteiger partial charge >= 0.3 is 0 Å². The molecule has 0 aliphatic carbocycles. The molecular formula is C13H16F3N. The lowest BCUT2D eigenvalue weighted by atomic mass is 9.79. The molecule has 1 aliphatic rings. The van der Waals surface area contributed by atoms with Crippen LogP contribution in [0.1, 0.15) is 31.2 Å². The van der Waals surface area contributed by atoms with Gasteiger partial charge in [-0.2, -0.15) is 0 Å². The van der Waals surface area contributed by atoms with Crippen LogP contribution in [0.15, 0.2) is 12.1 Å². The third kappa shape index (κ3) is 2.46. The number of hydrogen-bond donors (Lipinski definition) is 1. The average Bonchev–Trinajstić information content (AvgIpc) is 2.34. The molecule has 4 heteroatoms. The van der Waals surface area contributed by atoms with Crippen molar-refractivity contribution in [3.05, 3.63) is 35.1 Å². The molecule has 94 valence electrons. The van der Waals surface area contributed by atoms with Crippen molar-refractivity contribution in [2.45, 2.75) is 25.7 Å². The van der Waals surface area contributed by atoms with Crippen molar-refractivity contribution in [3.8, 4) is 0 Å². The summed E-state index contributed by atoms with van der Waals surface area (Å²) in [5.74, 6) is -2.45. The van der Waals surface area contributed by atoms with Crippen molar-refractivity contribution in [1.82, 2.24) is 5.32 Å². The summed E-state index contributed by atoms with van der Waals surface area (Å²) in [6.07, 6.45) is 1.66. The summed E-state index contributed by atoms with van der Waals surface area (Å²) in [5.41, 5.74) is 0.317. The number of halogens is 3. The van der Waals surface area contributed by atoms with E-state index in [0.29, 0.717) is 11.6 Å². The Morgan fingerprint density at radius 1 is 1.18 bits per heavy atom. The summed E-state index contributed by atoms with van der Waals surface area (Å²) >= 11 is 0. The summed E-state index contributed by atoms with van der Waals surface area (Å²) in [5, 5.41) is 3.24. The highest BCUT2D eigenvalue weighted by atomic mass is 19.2. The molecule has 1 aromatic rings. The van der Waals surface area contributed by atoms with Crippen LogP contribution in [0.25, 0.3) is 0 Å². The Hall–Kier alpha value is -1.03. The third-order valence-electron chi connectivity index (χ3n) is 3.57. The number of piperidine rings is 1. The minimum atomic E-state index is -1.12. The van der Waals surface area contributed by atoms with Crippen molar-refractivity contribution < 1.29 is 13.2 Å². The van der Waals surface area contributed by atoms with Crippen LogP contribution in [-0.2, 0) is 0 Å². The predicted octanol–water partition coefficient (Wildman–Crippen LogP) is 3.21. The molecule has 1 saturated heterocycles. The van der Waals surface area contributed by atoms with Gasteiger partial charge in [-0.15, -0.1) is 0 Å². The zero-order valence-corrected chi connectivity index (χ0v) is 9.77. The van der Waals surface area contributed by atoms with E-state index >= 15 is 0 Å². The Labute approximate surface area is 99.0 Å². The summed E-state index contributed by atoms with van der Waals surface area (Å²) in [4.78, 5) is 0. The molecule has 17 heavy (non-hydrogen) atoms. The quantitative estimate of drug-likeness (QED) is 0.786. The second kappa shape index (κ2) is 5.08. The van der Waals surface area contributed by atoms with Crippen molar-refractivity contribution >= 4 is 0 Å². The molecule has 0 radical (unpaired) electrons. The fourth-order valence-corrected chi connectivity index (χ4v) is 2.58. The molecule has 1 fully saturated rings. The maximum Gasteiger partial charge on any atom is 0.161 e. The van der Waals surface area contributed by atoms with E-state index in [9.17, 15) is 13.2 Å². The van der Waals surface area contributed by atoms with E-state index < -0.39 is 17.5 Å². The first-order chi connectivity index (χ1) is 8.13. The number of rotatable bonds is 2. The van der Waals surface area contributed by atoms with Gasteiger partial charge in [0.15, 0.2) is 11.6 Å². The molecule has 0 bridgehead atoms. The van der Waals surface area contributed by atoms with E-state index in [1.165, 1.54) is 0 Å². The van der Waals surface area contributed by atoms with Crippen molar-refractivity contribution in [1.29, 1.82) is 0 Å². The van der Waals surface area contributed by atoms with Crippen LogP contribution >= 0.6 is 0 Å². The average molecular weight is 243 g/mol. The van der Waals surface area contributed by atoms with Gasteiger partial charge in [-0.25, -0.2) is 13.2 Å². The van der Waals surface area contributed by atoms with E-state index in [0.717, 1.165) is 32.0 Å². The molecule has 2 rings (SSSR count). The molecule has 1 nitrogen and oxygen atoms in total. The molecule has 1 N–H and O–H groups in total. The first-order valence-corrected chi connectivity index (χ1v) is 5.98. The Kier molecular flexibility index (Phi) is 3.72. The van der Waals surface area contributed by atoms with E-state index in [1.807, 2.05) is 6.92 Å². The number of nitrogens with one attached hydrogen (secondary N) is 1. The Balaban J connectivity index is 2.34. The van der Waals surface area contributed by atoms with Gasteiger partial charge in [0.2, 0.25) is 0 Å². The first-order valence-electron chi connectivity index (χ1n) is 5.98. The largest absolute Gasteiger partial charge is 0.316 e. The normalized spacial score (nSPS) is 24.9. The highest BCUT2D eigenvalue weighted by molar-refractivity contribution is 5.25. The van der Waals surface area contributed by atoms with Gasteiger partial charge in [-0.05, 0) is 43.0 Å². The number of hydrogen-bond acceptors (Lipinski definition) is 1. The molecule has 0 saturated carbocycles. The van der Waals surface area contributed by atoms with E-state index in [-0.39, 0.29) is 11.8 Å². The van der Waals surface area contributed by atoms with Gasteiger partial charge in [0.05, 0.1) is 0 Å². The lowest BCUT2D eigenvalue weighted by Gasteiger charge is -2.32. The molecular weight excluding hydrogens is 227 g/mol. The van der Waals surface area contributed by atoms with Gasteiger partial charge < -0.3 is 5.32 Å². The predicted molar refractivity (Wildman–Crippen MR) is 60.3 cm³/mol. The topological polar surface area (TPSA) is 12.0 Å². The zero-order valence-electron chi connectivity index (χ0n) is 9.77. The van der Waals surface area contributed by atoms with Crippen LogP contribution in [0.5, 0.6) is 0 Å². The smallest absolute Gasteiger partial charge is 0.161 e. The van der Waals surface area contributed by atoms with Crippen LogP contribution in [0.3, 0.4) is 0 Å². The third-order valence-corrected chi connectivity index (χ3v) is 3.57. The first kappa shape index (κ1) is 12.4. The molecule has 1 heterocycles. The van der Waals surface area contributed by atoms with Crippen LogP contribution in [0, 0.1) is 23.4 Å². The summed E-state index contributed by atoms with van der Waals surface area (Å²) in [6.45, 7) is 3.63. The summed E-state index contributed by atoms with van der Waals surface area (Å²) in [7, 11) is 0. The van der Waals surface area contributed by atoms with E-state index in [2.05, 4.69) is 5.32 Å². The fraction of sp³-hybridized carbons (Fsp3) is 0.538. The van der Waals surface area contributed by atoms with Crippen LogP contribution in [0.2, 0.25) is 0 Å². The fourth-order valence-electron chi connectivity index (χ4n) is 2.58. The highest BCUT2D eigenvalue weighted by Crippen LogP contribution is 2.34. The molecule has 0 amide bonds. The SMILES string of the molecule is CCC1CNCCC1c1cc(F)c(F)cc1F. The van der Waals surface area contributed by atoms with E-state index in [4.69, 9.17) is 0 Å². The van der Waals surface area contributed by atoms with Crippen molar-refractivity contribution in [2.24, 2.45) is 5.92 Å². The second-order valence-electron chi connectivity index (χ2n) is 4.56. The van der Waals surface area contributed by atoms with E-state index in [1.54, 1.807) is 0 Å². The Bertz CT molecular complexity index is 406. The lowest BCUT2D eigenvalue weighted by Crippen LogP contribution is -2.35. The monoisotopic (exact) mass is 243 g/mol. The van der Waals surface area contributed by atoms with Crippen molar-refractivity contribution in [3.63, 3.8) is 0 Å². The van der Waals surface area contributed by atoms with Gasteiger partial charge in [-0.1, -0.05) is 13.3 Å². The van der Waals surface area contributed by atoms with Gasteiger partial charge in [0, 0.05) is 6.07 Å². The molecule has 1 aliphatic heterocycles. The minimum Gasteiger partial charge on any atom is -0.316 e. The summed E-state index contributed by atoms with van der Waals surface area (Å²) < 4.78 is 39.8. The second-order valence-corrected chi connectivity index (χ2v) is 4.56. The molecule has 0 spiro atoms. The Morgan fingerprint density at radius 2 is 1.88 bits per heavy atom. The zero-order chi connectivity index (χ0) is 12.4. The molecule has 1 aromatic carbocycles. The standard InChI is InChI=1S/C13H16F3N/c1-2-8-7-17-4-3-9(8)10-5-12(15)13(16)6-11(10)14/h5-6,8-9,17H,2-4,7H2,1H3. The molecule has 2 atom stereocenters. The number of benzene rings is 1. The van der Waals surface area contributed by atoms with Gasteiger partial charge in [0.1, 0.15) is 5.82 Å². The van der Waals surface area contributed by atoms with Crippen LogP contribution in [-0.4, -0.2) is 13.1 Å². The van der Waals surface area contributed by atoms with Gasteiger partial charge in [-0.3, -0.25) is 0 Å². The highest BCUT2D eigenvalue weighted by Gasteiger charge is 2.28. The maximum atomic E-state index is 13.7. The molecule has 0 aromatic heterocycles. The maximum absolute atomic E-state index is 13.7. The molecule has 2 unspecified atom stereocenters. The Morgan fingerprint density at radius 3 is 2.59 bits per heavy atom. The van der Waals surface area contributed by atoms with Crippen molar-refractivity contribution in [2.75, 3.05) is 13.1 Å². The van der Waals surface area contributed by atoms with Crippen LogP contribution < -0.4 is 5.32 Å². The lowest BCUT2D eigenvalue weighted by molar-refractivity contribution is 0.309. The van der Waals surface area contributed by atoms with Crippen LogP contribution in [0.4, 0.5) is 13.2 Å².